The van der Waals surface area contributed by atoms with Crippen LogP contribution in [0.2, 0.25) is 0 Å². The molecular weight excluding hydrogens is 350 g/mol. The van der Waals surface area contributed by atoms with Crippen molar-refractivity contribution >= 4 is 19.9 Å². The van der Waals surface area contributed by atoms with Gasteiger partial charge in [0.05, 0.1) is 14.7 Å². The summed E-state index contributed by atoms with van der Waals surface area (Å²) in [6.45, 7) is 0.650. The fourth-order valence-electron chi connectivity index (χ4n) is 2.05. The Hall–Kier alpha value is -1.74. The molecule has 2 rings (SSSR count). The minimum Gasteiger partial charge on any atom is -0.385 e. The summed E-state index contributed by atoms with van der Waals surface area (Å²) in [4.78, 5) is -0.0296. The third kappa shape index (κ3) is 4.41. The Labute approximate surface area is 142 Å². The lowest BCUT2D eigenvalue weighted by atomic mass is 10.4. The van der Waals surface area contributed by atoms with E-state index in [1.165, 1.54) is 43.5 Å². The van der Waals surface area contributed by atoms with Crippen LogP contribution in [-0.2, 0) is 24.6 Å². The third-order valence-electron chi connectivity index (χ3n) is 3.30. The maximum absolute atomic E-state index is 12.6. The molecule has 0 heterocycles. The van der Waals surface area contributed by atoms with Gasteiger partial charge in [0, 0.05) is 20.3 Å². The molecule has 0 spiro atoms. The van der Waals surface area contributed by atoms with E-state index in [-0.39, 0.29) is 21.2 Å². The number of hydrogen-bond acceptors (Lipinski definition) is 5. The average Bonchev–Trinajstić information content (AvgIpc) is 2.60. The van der Waals surface area contributed by atoms with Gasteiger partial charge in [0.2, 0.25) is 19.9 Å². The van der Waals surface area contributed by atoms with Crippen molar-refractivity contribution in [2.75, 3.05) is 20.3 Å². The van der Waals surface area contributed by atoms with Gasteiger partial charge in [-0.2, -0.15) is 0 Å². The molecule has 2 aromatic rings. The van der Waals surface area contributed by atoms with Crippen molar-refractivity contribution < 1.29 is 21.6 Å². The van der Waals surface area contributed by atoms with Gasteiger partial charge in [0.15, 0.2) is 0 Å². The van der Waals surface area contributed by atoms with Crippen LogP contribution < -0.4 is 4.72 Å². The summed E-state index contributed by atoms with van der Waals surface area (Å²) in [6, 6.07) is 13.2. The Bertz CT molecular complexity index is 878. The van der Waals surface area contributed by atoms with Crippen LogP contribution in [0.15, 0.2) is 69.3 Å². The zero-order valence-electron chi connectivity index (χ0n) is 13.2. The highest BCUT2D eigenvalue weighted by Gasteiger charge is 2.21. The molecule has 0 bridgehead atoms. The number of nitrogens with one attached hydrogen (secondary N) is 1. The molecule has 0 amide bonds. The number of hydrogen-bond donors (Lipinski definition) is 1. The van der Waals surface area contributed by atoms with E-state index in [1.807, 2.05) is 0 Å². The van der Waals surface area contributed by atoms with Crippen LogP contribution in [-0.4, -0.2) is 37.1 Å². The van der Waals surface area contributed by atoms with Crippen molar-refractivity contribution in [1.29, 1.82) is 0 Å². The summed E-state index contributed by atoms with van der Waals surface area (Å²) >= 11 is 0. The normalized spacial score (nSPS) is 12.2. The smallest absolute Gasteiger partial charge is 0.240 e. The molecule has 8 heteroatoms. The average molecular weight is 369 g/mol. The van der Waals surface area contributed by atoms with Gasteiger partial charge in [-0.15, -0.1) is 0 Å². The molecule has 0 unspecified atom stereocenters. The summed E-state index contributed by atoms with van der Waals surface area (Å²) in [5.74, 6) is 0. The van der Waals surface area contributed by atoms with E-state index in [1.54, 1.807) is 18.2 Å². The van der Waals surface area contributed by atoms with Crippen molar-refractivity contribution in [3.05, 3.63) is 54.6 Å². The second kappa shape index (κ2) is 7.89. The molecule has 0 aliphatic carbocycles. The first kappa shape index (κ1) is 18.6. The molecule has 0 aliphatic heterocycles. The van der Waals surface area contributed by atoms with Crippen LogP contribution in [0.3, 0.4) is 0 Å². The number of sulfone groups is 1. The summed E-state index contributed by atoms with van der Waals surface area (Å²) in [5, 5.41) is 0. The number of sulfonamides is 1. The first-order chi connectivity index (χ1) is 11.4. The van der Waals surface area contributed by atoms with Gasteiger partial charge in [-0.3, -0.25) is 0 Å². The molecule has 1 N–H and O–H groups in total. The zero-order valence-corrected chi connectivity index (χ0v) is 14.8. The van der Waals surface area contributed by atoms with Crippen molar-refractivity contribution in [3.63, 3.8) is 0 Å². The van der Waals surface area contributed by atoms with Gasteiger partial charge in [-0.05, 0) is 36.8 Å². The minimum atomic E-state index is -3.78. The summed E-state index contributed by atoms with van der Waals surface area (Å²) in [5.41, 5.74) is 0. The SMILES string of the molecule is COCCCNS(=O)(=O)c1cccc(S(=O)(=O)c2ccccc2)c1. The number of methoxy groups -OCH3 is 1. The van der Waals surface area contributed by atoms with Crippen LogP contribution in [0.4, 0.5) is 0 Å². The molecule has 24 heavy (non-hydrogen) atoms. The lowest BCUT2D eigenvalue weighted by Crippen LogP contribution is -2.25. The summed E-state index contributed by atoms with van der Waals surface area (Å²) < 4.78 is 57.0. The molecule has 2 aromatic carbocycles. The topological polar surface area (TPSA) is 89.5 Å². The van der Waals surface area contributed by atoms with Crippen molar-refractivity contribution in [3.8, 4) is 0 Å². The predicted molar refractivity (Wildman–Crippen MR) is 90.0 cm³/mol. The Balaban J connectivity index is 2.29. The van der Waals surface area contributed by atoms with Gasteiger partial charge in [0.25, 0.3) is 0 Å². The maximum Gasteiger partial charge on any atom is 0.240 e. The van der Waals surface area contributed by atoms with Crippen LogP contribution in [0.1, 0.15) is 6.42 Å². The Morgan fingerprint density at radius 1 is 0.875 bits per heavy atom. The first-order valence-electron chi connectivity index (χ1n) is 7.27. The first-order valence-corrected chi connectivity index (χ1v) is 10.2. The third-order valence-corrected chi connectivity index (χ3v) is 6.52. The molecule has 0 saturated heterocycles. The Morgan fingerprint density at radius 2 is 1.50 bits per heavy atom. The van der Waals surface area contributed by atoms with Crippen LogP contribution in [0.25, 0.3) is 0 Å². The number of ether oxygens (including phenoxy) is 1. The van der Waals surface area contributed by atoms with Gasteiger partial charge in [-0.25, -0.2) is 21.6 Å². The molecule has 0 fully saturated rings. The van der Waals surface area contributed by atoms with Gasteiger partial charge in [-0.1, -0.05) is 24.3 Å². The molecule has 0 saturated carbocycles. The Morgan fingerprint density at radius 3 is 2.17 bits per heavy atom. The van der Waals surface area contributed by atoms with Crippen LogP contribution >= 0.6 is 0 Å². The quantitative estimate of drug-likeness (QED) is 0.717. The molecule has 6 nitrogen and oxygen atoms in total. The Kier molecular flexibility index (Phi) is 6.11. The minimum absolute atomic E-state index is 0.0616. The highest BCUT2D eigenvalue weighted by Crippen LogP contribution is 2.22. The number of benzene rings is 2. The summed E-state index contributed by atoms with van der Waals surface area (Å²) in [7, 11) is -6.00. The van der Waals surface area contributed by atoms with Crippen LogP contribution in [0, 0.1) is 0 Å². The van der Waals surface area contributed by atoms with E-state index in [0.29, 0.717) is 13.0 Å². The second-order valence-corrected chi connectivity index (χ2v) is 8.75. The van der Waals surface area contributed by atoms with Gasteiger partial charge >= 0.3 is 0 Å². The van der Waals surface area contributed by atoms with Crippen molar-refractivity contribution in [2.24, 2.45) is 0 Å². The second-order valence-electron chi connectivity index (χ2n) is 5.04. The van der Waals surface area contributed by atoms with E-state index in [2.05, 4.69) is 4.72 Å². The molecular formula is C16H19NO5S2. The molecule has 0 atom stereocenters. The highest BCUT2D eigenvalue weighted by atomic mass is 32.2. The monoisotopic (exact) mass is 369 g/mol. The fraction of sp³-hybridized carbons (Fsp3) is 0.250. The van der Waals surface area contributed by atoms with E-state index >= 15 is 0 Å². The molecule has 0 radical (unpaired) electrons. The standard InChI is InChI=1S/C16H19NO5S2/c1-22-12-6-11-17-24(20,21)16-10-5-9-15(13-16)23(18,19)14-7-3-2-4-8-14/h2-5,7-10,13,17H,6,11-12H2,1H3. The maximum atomic E-state index is 12.6. The lowest BCUT2D eigenvalue weighted by molar-refractivity contribution is 0.196. The predicted octanol–water partition coefficient (Wildman–Crippen LogP) is 1.83. The van der Waals surface area contributed by atoms with E-state index < -0.39 is 19.9 Å². The van der Waals surface area contributed by atoms with E-state index in [0.717, 1.165) is 0 Å². The highest BCUT2D eigenvalue weighted by molar-refractivity contribution is 7.91. The number of rotatable bonds is 8. The van der Waals surface area contributed by atoms with Crippen molar-refractivity contribution in [1.82, 2.24) is 4.72 Å². The van der Waals surface area contributed by atoms with Gasteiger partial charge in [0.1, 0.15) is 0 Å². The fourth-order valence-corrected chi connectivity index (χ4v) is 4.57. The molecule has 0 aromatic heterocycles. The largest absolute Gasteiger partial charge is 0.385 e. The van der Waals surface area contributed by atoms with E-state index in [4.69, 9.17) is 4.74 Å². The molecule has 0 aliphatic rings. The van der Waals surface area contributed by atoms with Crippen molar-refractivity contribution in [2.45, 2.75) is 21.1 Å². The lowest BCUT2D eigenvalue weighted by Gasteiger charge is -2.09. The molecule has 130 valence electrons. The van der Waals surface area contributed by atoms with Crippen LogP contribution in [0.5, 0.6) is 0 Å². The van der Waals surface area contributed by atoms with Gasteiger partial charge < -0.3 is 4.74 Å². The van der Waals surface area contributed by atoms with E-state index in [9.17, 15) is 16.8 Å². The zero-order chi connectivity index (χ0) is 17.6. The summed E-state index contributed by atoms with van der Waals surface area (Å²) in [6.07, 6.45) is 0.526.